The first-order chi connectivity index (χ1) is 14.5. The summed E-state index contributed by atoms with van der Waals surface area (Å²) < 4.78 is 0. The van der Waals surface area contributed by atoms with Crippen molar-refractivity contribution in [2.75, 3.05) is 11.4 Å². The summed E-state index contributed by atoms with van der Waals surface area (Å²) in [6, 6.07) is 23.4. The van der Waals surface area contributed by atoms with E-state index in [0.717, 1.165) is 28.8 Å². The Labute approximate surface area is 177 Å². The molecule has 152 valence electrons. The third kappa shape index (κ3) is 4.13. The number of amides is 2. The van der Waals surface area contributed by atoms with Crippen molar-refractivity contribution in [2.24, 2.45) is 0 Å². The number of aryl methyl sites for hydroxylation is 2. The van der Waals surface area contributed by atoms with Gasteiger partial charge in [-0.1, -0.05) is 60.2 Å². The Kier molecular flexibility index (Phi) is 5.66. The lowest BCUT2D eigenvalue weighted by Gasteiger charge is -2.23. The molecule has 2 amide bonds. The maximum Gasteiger partial charge on any atom is 0.252 e. The summed E-state index contributed by atoms with van der Waals surface area (Å²) in [4.78, 5) is 27.1. The van der Waals surface area contributed by atoms with Gasteiger partial charge in [-0.2, -0.15) is 0 Å². The molecule has 0 unspecified atom stereocenters. The van der Waals surface area contributed by atoms with E-state index in [1.807, 2.05) is 48.5 Å². The average Bonchev–Trinajstić information content (AvgIpc) is 3.19. The van der Waals surface area contributed by atoms with Crippen LogP contribution in [0.1, 0.15) is 51.5 Å². The van der Waals surface area contributed by atoms with Gasteiger partial charge in [0.15, 0.2) is 0 Å². The second-order valence-corrected chi connectivity index (χ2v) is 7.88. The summed E-state index contributed by atoms with van der Waals surface area (Å²) in [7, 11) is 0. The fraction of sp³-hybridized carbons (Fsp3) is 0.231. The van der Waals surface area contributed by atoms with E-state index in [1.165, 1.54) is 5.56 Å². The molecular weight excluding hydrogens is 372 g/mol. The number of nitrogens with zero attached hydrogens (tertiary/aromatic N) is 1. The number of carbonyl (C=O) groups is 2. The molecule has 0 radical (unpaired) electrons. The Hall–Kier alpha value is -3.40. The molecule has 0 aromatic heterocycles. The lowest BCUT2D eigenvalue weighted by Crippen LogP contribution is -2.30. The van der Waals surface area contributed by atoms with Gasteiger partial charge in [-0.15, -0.1) is 0 Å². The number of benzene rings is 3. The number of anilines is 1. The number of hydrogen-bond acceptors (Lipinski definition) is 2. The summed E-state index contributed by atoms with van der Waals surface area (Å²) in [5.41, 5.74) is 5.78. The molecule has 1 atom stereocenters. The zero-order valence-corrected chi connectivity index (χ0v) is 17.4. The molecule has 1 heterocycles. The van der Waals surface area contributed by atoms with Crippen LogP contribution < -0.4 is 10.2 Å². The summed E-state index contributed by atoms with van der Waals surface area (Å²) in [5.74, 6) is -0.0395. The third-order valence-electron chi connectivity index (χ3n) is 5.64. The third-order valence-corrected chi connectivity index (χ3v) is 5.64. The maximum atomic E-state index is 13.2. The van der Waals surface area contributed by atoms with Crippen LogP contribution in [0.3, 0.4) is 0 Å². The van der Waals surface area contributed by atoms with Crippen molar-refractivity contribution in [3.63, 3.8) is 0 Å². The zero-order valence-electron chi connectivity index (χ0n) is 17.4. The minimum absolute atomic E-state index is 0.116. The van der Waals surface area contributed by atoms with Crippen LogP contribution in [0.15, 0.2) is 72.8 Å². The van der Waals surface area contributed by atoms with E-state index < -0.39 is 0 Å². The highest BCUT2D eigenvalue weighted by Gasteiger charge is 2.23. The van der Waals surface area contributed by atoms with Gasteiger partial charge in [0.1, 0.15) is 0 Å². The summed E-state index contributed by atoms with van der Waals surface area (Å²) >= 11 is 0. The monoisotopic (exact) mass is 398 g/mol. The van der Waals surface area contributed by atoms with Gasteiger partial charge in [0.25, 0.3) is 5.91 Å². The first kappa shape index (κ1) is 19.9. The Morgan fingerprint density at radius 3 is 2.47 bits per heavy atom. The standard InChI is InChI=1S/C26H26N2O2/c1-18-13-14-23(19(2)16-18)25(20-8-4-3-5-9-20)27-26(30)21-10-6-11-22(17-21)28-15-7-12-24(28)29/h3-6,8-11,13-14,16-17,25H,7,12,15H2,1-2H3,(H,27,30)/t25-/m1/s1. The van der Waals surface area contributed by atoms with Gasteiger partial charge in [-0.3, -0.25) is 9.59 Å². The quantitative estimate of drug-likeness (QED) is 0.661. The van der Waals surface area contributed by atoms with Crippen LogP contribution in [0.5, 0.6) is 0 Å². The van der Waals surface area contributed by atoms with Crippen molar-refractivity contribution < 1.29 is 9.59 Å². The second-order valence-electron chi connectivity index (χ2n) is 7.88. The highest BCUT2D eigenvalue weighted by molar-refractivity contribution is 5.99. The Balaban J connectivity index is 1.65. The van der Waals surface area contributed by atoms with Gasteiger partial charge in [0.2, 0.25) is 5.91 Å². The summed E-state index contributed by atoms with van der Waals surface area (Å²) in [6.07, 6.45) is 1.43. The van der Waals surface area contributed by atoms with Crippen LogP contribution in [0.4, 0.5) is 5.69 Å². The molecule has 0 saturated carbocycles. The van der Waals surface area contributed by atoms with Gasteiger partial charge in [-0.05, 0) is 55.2 Å². The van der Waals surface area contributed by atoms with Crippen molar-refractivity contribution in [2.45, 2.75) is 32.7 Å². The van der Waals surface area contributed by atoms with Crippen LogP contribution in [0.25, 0.3) is 0 Å². The van der Waals surface area contributed by atoms with Gasteiger partial charge in [0, 0.05) is 24.2 Å². The van der Waals surface area contributed by atoms with Crippen molar-refractivity contribution in [3.05, 3.63) is 101 Å². The van der Waals surface area contributed by atoms with Crippen LogP contribution in [-0.2, 0) is 4.79 Å². The molecule has 4 heteroatoms. The lowest BCUT2D eigenvalue weighted by atomic mass is 9.93. The molecule has 3 aromatic rings. The Morgan fingerprint density at radius 1 is 0.967 bits per heavy atom. The highest BCUT2D eigenvalue weighted by Crippen LogP contribution is 2.27. The second kappa shape index (κ2) is 8.54. The first-order valence-electron chi connectivity index (χ1n) is 10.4. The van der Waals surface area contributed by atoms with E-state index in [9.17, 15) is 9.59 Å². The Bertz CT molecular complexity index is 1080. The molecule has 0 spiro atoms. The summed E-state index contributed by atoms with van der Waals surface area (Å²) in [5, 5.41) is 3.21. The topological polar surface area (TPSA) is 49.4 Å². The average molecular weight is 399 g/mol. The number of carbonyl (C=O) groups excluding carboxylic acids is 2. The molecule has 3 aromatic carbocycles. The van der Waals surface area contributed by atoms with E-state index in [-0.39, 0.29) is 17.9 Å². The van der Waals surface area contributed by atoms with Crippen LogP contribution in [-0.4, -0.2) is 18.4 Å². The molecular formula is C26H26N2O2. The minimum atomic E-state index is -0.253. The molecule has 1 aliphatic rings. The van der Waals surface area contributed by atoms with Gasteiger partial charge in [0.05, 0.1) is 6.04 Å². The van der Waals surface area contributed by atoms with Gasteiger partial charge >= 0.3 is 0 Å². The van der Waals surface area contributed by atoms with E-state index in [0.29, 0.717) is 18.5 Å². The fourth-order valence-corrected chi connectivity index (χ4v) is 4.09. The molecule has 1 saturated heterocycles. The molecule has 30 heavy (non-hydrogen) atoms. The lowest BCUT2D eigenvalue weighted by molar-refractivity contribution is -0.117. The molecule has 1 aliphatic heterocycles. The molecule has 4 rings (SSSR count). The van der Waals surface area contributed by atoms with Crippen molar-refractivity contribution >= 4 is 17.5 Å². The highest BCUT2D eigenvalue weighted by atomic mass is 16.2. The van der Waals surface area contributed by atoms with Gasteiger partial charge in [-0.25, -0.2) is 0 Å². The van der Waals surface area contributed by atoms with Crippen LogP contribution in [0, 0.1) is 13.8 Å². The maximum absolute atomic E-state index is 13.2. The molecule has 0 bridgehead atoms. The molecule has 0 aliphatic carbocycles. The fourth-order valence-electron chi connectivity index (χ4n) is 4.09. The van der Waals surface area contributed by atoms with Gasteiger partial charge < -0.3 is 10.2 Å². The number of nitrogens with one attached hydrogen (secondary N) is 1. The predicted octanol–water partition coefficient (Wildman–Crippen LogP) is 4.95. The normalized spacial score (nSPS) is 14.6. The van der Waals surface area contributed by atoms with Crippen LogP contribution in [0.2, 0.25) is 0 Å². The first-order valence-corrected chi connectivity index (χ1v) is 10.4. The zero-order chi connectivity index (χ0) is 21.1. The Morgan fingerprint density at radius 2 is 1.77 bits per heavy atom. The van der Waals surface area contributed by atoms with Crippen molar-refractivity contribution in [3.8, 4) is 0 Å². The molecule has 1 fully saturated rings. The number of hydrogen-bond donors (Lipinski definition) is 1. The summed E-state index contributed by atoms with van der Waals surface area (Å²) in [6.45, 7) is 4.85. The van der Waals surface area contributed by atoms with Crippen molar-refractivity contribution in [1.29, 1.82) is 0 Å². The number of rotatable bonds is 5. The van der Waals surface area contributed by atoms with E-state index in [1.54, 1.807) is 11.0 Å². The van der Waals surface area contributed by atoms with Crippen molar-refractivity contribution in [1.82, 2.24) is 5.32 Å². The van der Waals surface area contributed by atoms with Crippen LogP contribution >= 0.6 is 0 Å². The minimum Gasteiger partial charge on any atom is -0.341 e. The predicted molar refractivity (Wildman–Crippen MR) is 120 cm³/mol. The molecule has 1 N–H and O–H groups in total. The van der Waals surface area contributed by atoms with E-state index in [4.69, 9.17) is 0 Å². The SMILES string of the molecule is Cc1ccc([C@H](NC(=O)c2cccc(N3CCCC3=O)c2)c2ccccc2)c(C)c1. The van der Waals surface area contributed by atoms with E-state index in [2.05, 4.69) is 37.4 Å². The van der Waals surface area contributed by atoms with E-state index >= 15 is 0 Å². The molecule has 4 nitrogen and oxygen atoms in total. The smallest absolute Gasteiger partial charge is 0.252 e. The largest absolute Gasteiger partial charge is 0.341 e.